The second-order valence-corrected chi connectivity index (χ2v) is 3.91. The maximum absolute atomic E-state index is 10.5. The van der Waals surface area contributed by atoms with Crippen LogP contribution in [0.25, 0.3) is 0 Å². The highest BCUT2D eigenvalue weighted by atomic mass is 16.5. The Balaban J connectivity index is 2.03. The van der Waals surface area contributed by atoms with E-state index in [2.05, 4.69) is 5.32 Å². The number of aldehydes is 1. The van der Waals surface area contributed by atoms with Crippen LogP contribution >= 0.6 is 0 Å². The number of ether oxygens (including phenoxy) is 1. The normalized spacial score (nSPS) is 17.0. The second kappa shape index (κ2) is 4.99. The lowest BCUT2D eigenvalue weighted by molar-refractivity contribution is 0.112. The third-order valence-electron chi connectivity index (χ3n) is 2.72. The van der Waals surface area contributed by atoms with Gasteiger partial charge in [-0.3, -0.25) is 4.79 Å². The molecule has 0 aromatic heterocycles. The molecule has 1 aromatic rings. The third kappa shape index (κ3) is 2.52. The molecule has 0 amide bonds. The molecule has 4 heteroatoms. The van der Waals surface area contributed by atoms with Crippen LogP contribution in [0.5, 0.6) is 11.5 Å². The Morgan fingerprint density at radius 3 is 2.75 bits per heavy atom. The Kier molecular flexibility index (Phi) is 3.41. The van der Waals surface area contributed by atoms with E-state index in [9.17, 15) is 9.90 Å². The van der Waals surface area contributed by atoms with Gasteiger partial charge >= 0.3 is 0 Å². The molecule has 0 unspecified atom stereocenters. The Morgan fingerprint density at radius 2 is 2.12 bits per heavy atom. The molecule has 16 heavy (non-hydrogen) atoms. The van der Waals surface area contributed by atoms with Crippen LogP contribution in [0, 0.1) is 0 Å². The zero-order valence-electron chi connectivity index (χ0n) is 8.98. The fourth-order valence-corrected chi connectivity index (χ4v) is 1.80. The van der Waals surface area contributed by atoms with Gasteiger partial charge in [-0.25, -0.2) is 0 Å². The predicted octanol–water partition coefficient (Wildman–Crippen LogP) is 1.34. The quantitative estimate of drug-likeness (QED) is 0.756. The molecule has 2 N–H and O–H groups in total. The van der Waals surface area contributed by atoms with Crippen LogP contribution in [-0.4, -0.2) is 30.6 Å². The van der Waals surface area contributed by atoms with E-state index < -0.39 is 0 Å². The van der Waals surface area contributed by atoms with E-state index >= 15 is 0 Å². The summed E-state index contributed by atoms with van der Waals surface area (Å²) in [5, 5.41) is 12.8. The summed E-state index contributed by atoms with van der Waals surface area (Å²) < 4.78 is 5.72. The van der Waals surface area contributed by atoms with Gasteiger partial charge in [-0.2, -0.15) is 0 Å². The number of nitrogens with one attached hydrogen (secondary N) is 1. The fourth-order valence-electron chi connectivity index (χ4n) is 1.80. The van der Waals surface area contributed by atoms with Crippen LogP contribution in [0.4, 0.5) is 0 Å². The van der Waals surface area contributed by atoms with Crippen molar-refractivity contribution in [2.45, 2.75) is 18.9 Å². The van der Waals surface area contributed by atoms with Crippen molar-refractivity contribution < 1.29 is 14.6 Å². The molecule has 0 bridgehead atoms. The first-order valence-corrected chi connectivity index (χ1v) is 5.45. The zero-order chi connectivity index (χ0) is 11.4. The van der Waals surface area contributed by atoms with E-state index in [-0.39, 0.29) is 17.4 Å². The fraction of sp³-hybridized carbons (Fsp3) is 0.417. The number of hydrogen-bond acceptors (Lipinski definition) is 4. The van der Waals surface area contributed by atoms with Gasteiger partial charge in [0.05, 0.1) is 5.56 Å². The first-order valence-electron chi connectivity index (χ1n) is 5.45. The Bertz CT molecular complexity index is 373. The molecule has 2 rings (SSSR count). The summed E-state index contributed by atoms with van der Waals surface area (Å²) in [4.78, 5) is 10.5. The molecular formula is C12H15NO3. The summed E-state index contributed by atoms with van der Waals surface area (Å²) in [5.74, 6) is 0.594. The number of aromatic hydroxyl groups is 1. The predicted molar refractivity (Wildman–Crippen MR) is 60.0 cm³/mol. The standard InChI is InChI=1S/C12H15NO3/c14-8-9-1-2-11(7-12(9)15)16-10-3-5-13-6-4-10/h1-2,7-8,10,13,15H,3-6H2. The number of hydrogen-bond donors (Lipinski definition) is 2. The van der Waals surface area contributed by atoms with Crippen LogP contribution in [0.15, 0.2) is 18.2 Å². The maximum atomic E-state index is 10.5. The van der Waals surface area contributed by atoms with Gasteiger partial charge < -0.3 is 15.2 Å². The van der Waals surface area contributed by atoms with Crippen LogP contribution in [0.1, 0.15) is 23.2 Å². The molecule has 1 aromatic carbocycles. The van der Waals surface area contributed by atoms with Gasteiger partial charge in [0.25, 0.3) is 0 Å². The molecule has 1 aliphatic heterocycles. The second-order valence-electron chi connectivity index (χ2n) is 3.91. The zero-order valence-corrected chi connectivity index (χ0v) is 8.98. The molecule has 0 atom stereocenters. The maximum Gasteiger partial charge on any atom is 0.153 e. The van der Waals surface area contributed by atoms with Crippen molar-refractivity contribution in [3.8, 4) is 11.5 Å². The van der Waals surface area contributed by atoms with Gasteiger partial charge in [0.2, 0.25) is 0 Å². The number of piperidine rings is 1. The van der Waals surface area contributed by atoms with Crippen LogP contribution < -0.4 is 10.1 Å². The van der Waals surface area contributed by atoms with Gasteiger partial charge in [0, 0.05) is 6.07 Å². The highest BCUT2D eigenvalue weighted by molar-refractivity contribution is 5.79. The highest BCUT2D eigenvalue weighted by Crippen LogP contribution is 2.24. The van der Waals surface area contributed by atoms with Crippen molar-refractivity contribution in [1.82, 2.24) is 5.32 Å². The third-order valence-corrected chi connectivity index (χ3v) is 2.72. The topological polar surface area (TPSA) is 58.6 Å². The Morgan fingerprint density at radius 1 is 1.38 bits per heavy atom. The monoisotopic (exact) mass is 221 g/mol. The molecule has 86 valence electrons. The minimum atomic E-state index is -0.0264. The average molecular weight is 221 g/mol. The van der Waals surface area contributed by atoms with Gasteiger partial charge in [-0.15, -0.1) is 0 Å². The average Bonchev–Trinajstić information content (AvgIpc) is 2.31. The van der Waals surface area contributed by atoms with Crippen molar-refractivity contribution in [2.24, 2.45) is 0 Å². The summed E-state index contributed by atoms with van der Waals surface area (Å²) >= 11 is 0. The largest absolute Gasteiger partial charge is 0.507 e. The summed E-state index contributed by atoms with van der Waals surface area (Å²) in [7, 11) is 0. The molecule has 0 spiro atoms. The lowest BCUT2D eigenvalue weighted by atomic mass is 10.1. The lowest BCUT2D eigenvalue weighted by Gasteiger charge is -2.23. The van der Waals surface area contributed by atoms with E-state index in [1.807, 2.05) is 0 Å². The number of benzene rings is 1. The van der Waals surface area contributed by atoms with Crippen molar-refractivity contribution >= 4 is 6.29 Å². The van der Waals surface area contributed by atoms with Crippen molar-refractivity contribution in [3.05, 3.63) is 23.8 Å². The van der Waals surface area contributed by atoms with Gasteiger partial charge in [-0.05, 0) is 38.1 Å². The van der Waals surface area contributed by atoms with E-state index in [0.29, 0.717) is 12.0 Å². The molecule has 1 aliphatic rings. The van der Waals surface area contributed by atoms with Crippen LogP contribution in [0.3, 0.4) is 0 Å². The van der Waals surface area contributed by atoms with Gasteiger partial charge in [0.1, 0.15) is 17.6 Å². The van der Waals surface area contributed by atoms with E-state index in [1.165, 1.54) is 6.07 Å². The summed E-state index contributed by atoms with van der Waals surface area (Å²) in [5.41, 5.74) is 0.290. The molecule has 0 saturated carbocycles. The lowest BCUT2D eigenvalue weighted by Crippen LogP contribution is -2.34. The molecule has 1 heterocycles. The van der Waals surface area contributed by atoms with E-state index in [0.717, 1.165) is 25.9 Å². The Hall–Kier alpha value is -1.55. The van der Waals surface area contributed by atoms with Gasteiger partial charge in [-0.1, -0.05) is 0 Å². The van der Waals surface area contributed by atoms with Crippen LogP contribution in [-0.2, 0) is 0 Å². The molecule has 1 saturated heterocycles. The van der Waals surface area contributed by atoms with E-state index in [4.69, 9.17) is 4.74 Å². The molecule has 0 aliphatic carbocycles. The summed E-state index contributed by atoms with van der Waals surface area (Å²) in [6.45, 7) is 1.92. The van der Waals surface area contributed by atoms with Gasteiger partial charge in [0.15, 0.2) is 6.29 Å². The molecule has 4 nitrogen and oxygen atoms in total. The minimum Gasteiger partial charge on any atom is -0.507 e. The van der Waals surface area contributed by atoms with Crippen molar-refractivity contribution in [1.29, 1.82) is 0 Å². The van der Waals surface area contributed by atoms with E-state index in [1.54, 1.807) is 12.1 Å². The molecular weight excluding hydrogens is 206 g/mol. The first kappa shape index (κ1) is 11.0. The summed E-state index contributed by atoms with van der Waals surface area (Å²) in [6.07, 6.45) is 2.76. The number of carbonyl (C=O) groups is 1. The van der Waals surface area contributed by atoms with Crippen molar-refractivity contribution in [3.63, 3.8) is 0 Å². The number of carbonyl (C=O) groups excluding carboxylic acids is 1. The minimum absolute atomic E-state index is 0.0264. The molecule has 0 radical (unpaired) electrons. The van der Waals surface area contributed by atoms with Crippen molar-refractivity contribution in [2.75, 3.05) is 13.1 Å². The molecule has 1 fully saturated rings. The Labute approximate surface area is 94.2 Å². The number of rotatable bonds is 3. The summed E-state index contributed by atoms with van der Waals surface area (Å²) in [6, 6.07) is 4.77. The number of phenolic OH excluding ortho intramolecular Hbond substituents is 1. The smallest absolute Gasteiger partial charge is 0.153 e. The highest BCUT2D eigenvalue weighted by Gasteiger charge is 2.14. The number of phenols is 1. The first-order chi connectivity index (χ1) is 7.79. The van der Waals surface area contributed by atoms with Crippen LogP contribution in [0.2, 0.25) is 0 Å². The SMILES string of the molecule is O=Cc1ccc(OC2CCNCC2)cc1O.